The number of para-hydroxylation sites is 5. The van der Waals surface area contributed by atoms with Crippen LogP contribution in [0.1, 0.15) is 0 Å². The summed E-state index contributed by atoms with van der Waals surface area (Å²) in [6.45, 7) is 8.12. The summed E-state index contributed by atoms with van der Waals surface area (Å²) >= 11 is 0. The van der Waals surface area contributed by atoms with E-state index in [0.717, 1.165) is 94.0 Å². The van der Waals surface area contributed by atoms with Crippen molar-refractivity contribution in [3.05, 3.63) is 212 Å². The van der Waals surface area contributed by atoms with Crippen molar-refractivity contribution in [3.63, 3.8) is 0 Å². The second-order valence-electron chi connectivity index (χ2n) is 15.2. The molecule has 0 spiro atoms. The lowest BCUT2D eigenvalue weighted by molar-refractivity contribution is 0.670. The van der Waals surface area contributed by atoms with Gasteiger partial charge in [0.05, 0.1) is 28.6 Å². The molecule has 0 amide bonds. The fourth-order valence-corrected chi connectivity index (χ4v) is 9.21. The second kappa shape index (κ2) is 13.0. The first-order chi connectivity index (χ1) is 29.2. The zero-order valence-corrected chi connectivity index (χ0v) is 31.8. The molecule has 0 N–H and O–H groups in total. The van der Waals surface area contributed by atoms with Crippen molar-refractivity contribution < 1.29 is 4.42 Å². The molecule has 4 nitrogen and oxygen atoms in total. The van der Waals surface area contributed by atoms with Crippen LogP contribution in [0, 0.1) is 6.57 Å². The summed E-state index contributed by atoms with van der Waals surface area (Å²) in [4.78, 5) is 3.96. The number of rotatable bonds is 5. The van der Waals surface area contributed by atoms with Crippen molar-refractivity contribution in [2.24, 2.45) is 0 Å². The highest BCUT2D eigenvalue weighted by molar-refractivity contribution is 6.14. The van der Waals surface area contributed by atoms with Crippen molar-refractivity contribution in [3.8, 4) is 44.8 Å². The van der Waals surface area contributed by atoms with E-state index < -0.39 is 0 Å². The molecule has 0 unspecified atom stereocenters. The molecule has 12 rings (SSSR count). The summed E-state index contributed by atoms with van der Waals surface area (Å²) in [5, 5.41) is 6.94. The Morgan fingerprint density at radius 2 is 0.898 bits per heavy atom. The fourth-order valence-electron chi connectivity index (χ4n) is 9.21. The number of hydrogen-bond donors (Lipinski definition) is 0. The number of benzene rings is 9. The summed E-state index contributed by atoms with van der Waals surface area (Å²) in [5.41, 5.74) is 15.5. The molecule has 3 heterocycles. The third-order valence-electron chi connectivity index (χ3n) is 11.9. The molecular weight excluding hydrogens is 719 g/mol. The van der Waals surface area contributed by atoms with Crippen LogP contribution in [0.4, 0.5) is 5.69 Å². The SMILES string of the molecule is [C-]#[N+]c1cc(-c2ccc3c(c2)c2ccccc2n3-c2ccccc2)cc(-c2ccc3c(c2)c2ccc(-c4cccc5c4oc4ccccc45)cc2n3-c2ccccc2)c1. The van der Waals surface area contributed by atoms with Gasteiger partial charge in [0.1, 0.15) is 11.2 Å². The van der Waals surface area contributed by atoms with Crippen LogP contribution in [0.15, 0.2) is 205 Å². The van der Waals surface area contributed by atoms with E-state index in [-0.39, 0.29) is 0 Å². The molecule has 0 aliphatic heterocycles. The average Bonchev–Trinajstić information content (AvgIpc) is 3.96. The Morgan fingerprint density at radius 3 is 1.58 bits per heavy atom. The number of furan rings is 1. The molecule has 0 atom stereocenters. The van der Waals surface area contributed by atoms with Gasteiger partial charge in [-0.2, -0.15) is 0 Å². The van der Waals surface area contributed by atoms with Crippen LogP contribution in [0.2, 0.25) is 0 Å². The second-order valence-corrected chi connectivity index (χ2v) is 15.2. The van der Waals surface area contributed by atoms with E-state index in [1.807, 2.05) is 24.3 Å². The van der Waals surface area contributed by atoms with Crippen LogP contribution in [-0.2, 0) is 0 Å². The Labute approximate surface area is 339 Å². The van der Waals surface area contributed by atoms with Crippen molar-refractivity contribution >= 4 is 71.2 Å². The first-order valence-electron chi connectivity index (χ1n) is 19.9. The van der Waals surface area contributed by atoms with Gasteiger partial charge >= 0.3 is 0 Å². The molecule has 0 aliphatic rings. The van der Waals surface area contributed by atoms with E-state index in [4.69, 9.17) is 11.0 Å². The first kappa shape index (κ1) is 33.1. The van der Waals surface area contributed by atoms with Gasteiger partial charge in [-0.25, -0.2) is 4.85 Å². The highest BCUT2D eigenvalue weighted by Gasteiger charge is 2.18. The minimum absolute atomic E-state index is 0.612. The average molecular weight is 752 g/mol. The number of nitrogens with zero attached hydrogens (tertiary/aromatic N) is 3. The van der Waals surface area contributed by atoms with Gasteiger partial charge in [0.25, 0.3) is 0 Å². The summed E-state index contributed by atoms with van der Waals surface area (Å²) in [6, 6.07) is 70.8. The Morgan fingerprint density at radius 1 is 0.356 bits per heavy atom. The van der Waals surface area contributed by atoms with Crippen molar-refractivity contribution in [2.75, 3.05) is 0 Å². The van der Waals surface area contributed by atoms with Crippen molar-refractivity contribution in [1.82, 2.24) is 9.13 Å². The van der Waals surface area contributed by atoms with Crippen LogP contribution in [0.5, 0.6) is 0 Å². The monoisotopic (exact) mass is 751 g/mol. The van der Waals surface area contributed by atoms with Gasteiger partial charge in [0.15, 0.2) is 5.69 Å². The highest BCUT2D eigenvalue weighted by atomic mass is 16.3. The number of fused-ring (bicyclic) bond motifs is 9. The number of aromatic nitrogens is 2. The Kier molecular flexibility index (Phi) is 7.26. The minimum atomic E-state index is 0.612. The molecule has 274 valence electrons. The Hall–Kier alpha value is -8.13. The van der Waals surface area contributed by atoms with Gasteiger partial charge in [0.2, 0.25) is 0 Å². The molecule has 0 aliphatic carbocycles. The summed E-state index contributed by atoms with van der Waals surface area (Å²) < 4.78 is 11.2. The lowest BCUT2D eigenvalue weighted by Crippen LogP contribution is -1.93. The molecule has 4 heteroatoms. The van der Waals surface area contributed by atoms with Gasteiger partial charge < -0.3 is 13.6 Å². The van der Waals surface area contributed by atoms with Crippen LogP contribution >= 0.6 is 0 Å². The maximum absolute atomic E-state index is 8.12. The summed E-state index contributed by atoms with van der Waals surface area (Å²) in [7, 11) is 0. The van der Waals surface area contributed by atoms with Crippen LogP contribution in [-0.4, -0.2) is 9.13 Å². The van der Waals surface area contributed by atoms with Gasteiger partial charge in [-0.1, -0.05) is 115 Å². The van der Waals surface area contributed by atoms with E-state index in [9.17, 15) is 0 Å². The van der Waals surface area contributed by atoms with Crippen LogP contribution < -0.4 is 0 Å². The Bertz CT molecular complexity index is 3670. The minimum Gasteiger partial charge on any atom is -0.455 e. The lowest BCUT2D eigenvalue weighted by Gasteiger charge is -2.11. The zero-order valence-electron chi connectivity index (χ0n) is 31.8. The molecule has 0 fully saturated rings. The van der Waals surface area contributed by atoms with Crippen LogP contribution in [0.25, 0.3) is 115 Å². The molecular formula is C55H33N3O. The predicted octanol–water partition coefficient (Wildman–Crippen LogP) is 15.3. The van der Waals surface area contributed by atoms with E-state index in [1.165, 1.54) is 16.3 Å². The first-order valence-corrected chi connectivity index (χ1v) is 19.9. The fraction of sp³-hybridized carbons (Fsp3) is 0. The van der Waals surface area contributed by atoms with Gasteiger partial charge in [-0.05, 0) is 113 Å². The van der Waals surface area contributed by atoms with Crippen molar-refractivity contribution in [1.29, 1.82) is 0 Å². The topological polar surface area (TPSA) is 27.4 Å². The smallest absolute Gasteiger partial charge is 0.188 e. The third-order valence-corrected chi connectivity index (χ3v) is 11.9. The molecule has 59 heavy (non-hydrogen) atoms. The molecule has 0 bridgehead atoms. The summed E-state index contributed by atoms with van der Waals surface area (Å²) in [6.07, 6.45) is 0. The molecule has 9 aromatic carbocycles. The largest absolute Gasteiger partial charge is 0.455 e. The van der Waals surface area contributed by atoms with E-state index in [1.54, 1.807) is 0 Å². The molecule has 12 aromatic rings. The lowest BCUT2D eigenvalue weighted by atomic mass is 9.96. The van der Waals surface area contributed by atoms with E-state index in [2.05, 4.69) is 190 Å². The summed E-state index contributed by atoms with van der Waals surface area (Å²) in [5.74, 6) is 0. The predicted molar refractivity (Wildman–Crippen MR) is 245 cm³/mol. The quantitative estimate of drug-likeness (QED) is 0.161. The molecule has 0 saturated carbocycles. The number of hydrogen-bond acceptors (Lipinski definition) is 1. The zero-order chi connectivity index (χ0) is 39.0. The molecule has 0 radical (unpaired) electrons. The third kappa shape index (κ3) is 5.16. The Balaban J connectivity index is 1.02. The molecule has 0 saturated heterocycles. The normalized spacial score (nSPS) is 11.7. The van der Waals surface area contributed by atoms with Gasteiger partial charge in [0, 0.05) is 49.3 Å². The highest BCUT2D eigenvalue weighted by Crippen LogP contribution is 2.42. The maximum atomic E-state index is 8.12. The van der Waals surface area contributed by atoms with E-state index >= 15 is 0 Å². The van der Waals surface area contributed by atoms with Crippen LogP contribution in [0.3, 0.4) is 0 Å². The van der Waals surface area contributed by atoms with Crippen molar-refractivity contribution in [2.45, 2.75) is 0 Å². The van der Waals surface area contributed by atoms with Gasteiger partial charge in [-0.3, -0.25) is 0 Å². The van der Waals surface area contributed by atoms with Gasteiger partial charge in [-0.15, -0.1) is 0 Å². The molecule has 3 aromatic heterocycles. The maximum Gasteiger partial charge on any atom is 0.188 e. The standard InChI is InChI=1S/C55H33N3O/c1-56-40-30-38(35-24-27-51-48(32-35)44-17-8-10-21-50(44)57(51)41-13-4-2-5-14-41)29-39(31-40)36-25-28-52-49(33-36)45-26-23-37(34-53(45)58(52)42-15-6-3-7-16-42)43-19-12-20-47-46-18-9-11-22-54(46)59-55(43)47/h2-34H. The van der Waals surface area contributed by atoms with E-state index in [0.29, 0.717) is 5.69 Å².